The van der Waals surface area contributed by atoms with E-state index in [0.717, 1.165) is 95.8 Å². The summed E-state index contributed by atoms with van der Waals surface area (Å²) in [4.78, 5) is 73.3. The first kappa shape index (κ1) is 105. The minimum Gasteiger partial charge on any atom is -0.462 e. The van der Waals surface area contributed by atoms with Crippen molar-refractivity contribution in [3.05, 3.63) is 0 Å². The molecule has 0 rings (SSSR count). The summed E-state index contributed by atoms with van der Waals surface area (Å²) < 4.78 is 69.0. The molecule has 0 saturated heterocycles. The number of carbonyl (C=O) groups excluding carboxylic acids is 4. The highest BCUT2D eigenvalue weighted by Crippen LogP contribution is 2.45. The van der Waals surface area contributed by atoms with Crippen LogP contribution < -0.4 is 0 Å². The van der Waals surface area contributed by atoms with Crippen molar-refractivity contribution in [3.63, 3.8) is 0 Å². The van der Waals surface area contributed by atoms with Crippen LogP contribution >= 0.6 is 15.6 Å². The molecule has 0 spiro atoms. The molecule has 0 aromatic carbocycles. The van der Waals surface area contributed by atoms with Crippen molar-refractivity contribution in [2.75, 3.05) is 39.6 Å². The normalized spacial score (nSPS) is 13.7. The second-order valence-corrected chi connectivity index (χ2v) is 35.0. The van der Waals surface area contributed by atoms with Crippen molar-refractivity contribution < 1.29 is 80.2 Å². The standard InChI is InChI=1S/C88H172O17P2/c1-6-9-12-15-18-21-24-27-29-31-32-33-34-40-44-49-54-59-64-69-74-88(93)105-84(78-99-86(91)72-67-62-57-52-47-42-39-36-35-37-41-45-50-55-60-65-70-81(4)5)80-103-107(96,97)101-76-82(89)75-100-106(94,95)102-79-83(77-98-85(90)71-66-61-56-51-46-26-23-20-17-14-11-8-3)104-87(92)73-68-63-58-53-48-43-38-30-28-25-22-19-16-13-10-7-2/h81-84,89H,6-80H2,1-5H3,(H,94,95)(H,96,97)/t82-,83+,84+/m0/s1. The molecule has 2 unspecified atom stereocenters. The lowest BCUT2D eigenvalue weighted by molar-refractivity contribution is -0.161. The van der Waals surface area contributed by atoms with Crippen molar-refractivity contribution in [1.82, 2.24) is 0 Å². The first-order valence-corrected chi connectivity index (χ1v) is 48.6. The zero-order chi connectivity index (χ0) is 78.3. The topological polar surface area (TPSA) is 237 Å². The van der Waals surface area contributed by atoms with E-state index in [1.807, 2.05) is 0 Å². The van der Waals surface area contributed by atoms with Gasteiger partial charge < -0.3 is 33.8 Å². The van der Waals surface area contributed by atoms with E-state index in [1.165, 1.54) is 302 Å². The third-order valence-electron chi connectivity index (χ3n) is 20.8. The summed E-state index contributed by atoms with van der Waals surface area (Å²) in [6, 6.07) is 0. The molecule has 17 nitrogen and oxygen atoms in total. The summed E-state index contributed by atoms with van der Waals surface area (Å²) >= 11 is 0. The molecule has 0 aromatic rings. The van der Waals surface area contributed by atoms with Gasteiger partial charge in [-0.2, -0.15) is 0 Å². The molecule has 0 aliphatic rings. The number of aliphatic hydroxyl groups is 1. The lowest BCUT2D eigenvalue weighted by atomic mass is 10.0. The van der Waals surface area contributed by atoms with Crippen LogP contribution in [0, 0.1) is 5.92 Å². The van der Waals surface area contributed by atoms with Crippen LogP contribution in [0.15, 0.2) is 0 Å². The largest absolute Gasteiger partial charge is 0.472 e. The van der Waals surface area contributed by atoms with Gasteiger partial charge in [0.2, 0.25) is 0 Å². The molecule has 0 heterocycles. The van der Waals surface area contributed by atoms with Gasteiger partial charge in [-0.25, -0.2) is 9.13 Å². The van der Waals surface area contributed by atoms with Crippen LogP contribution in [0.25, 0.3) is 0 Å². The molecule has 0 saturated carbocycles. The van der Waals surface area contributed by atoms with Crippen LogP contribution in [0.1, 0.15) is 478 Å². The van der Waals surface area contributed by atoms with Crippen LogP contribution in [0.5, 0.6) is 0 Å². The Bertz CT molecular complexity index is 2030. The summed E-state index contributed by atoms with van der Waals surface area (Å²) in [5, 5.41) is 10.7. The summed E-state index contributed by atoms with van der Waals surface area (Å²) in [6.07, 6.45) is 74.9. The van der Waals surface area contributed by atoms with Crippen LogP contribution in [0.4, 0.5) is 0 Å². The predicted octanol–water partition coefficient (Wildman–Crippen LogP) is 27.2. The molecule has 0 aromatic heterocycles. The zero-order valence-corrected chi connectivity index (χ0v) is 72.1. The van der Waals surface area contributed by atoms with E-state index in [9.17, 15) is 43.2 Å². The highest BCUT2D eigenvalue weighted by molar-refractivity contribution is 7.47. The molecule has 0 amide bonds. The minimum absolute atomic E-state index is 0.109. The maximum absolute atomic E-state index is 13.2. The molecular weight excluding hydrogens is 1390 g/mol. The van der Waals surface area contributed by atoms with Crippen molar-refractivity contribution in [3.8, 4) is 0 Å². The molecule has 0 aliphatic heterocycles. The highest BCUT2D eigenvalue weighted by atomic mass is 31.2. The van der Waals surface area contributed by atoms with Gasteiger partial charge in [-0.3, -0.25) is 37.3 Å². The minimum atomic E-state index is -4.97. The lowest BCUT2D eigenvalue weighted by Crippen LogP contribution is -2.30. The fraction of sp³-hybridized carbons (Fsp3) is 0.955. The van der Waals surface area contributed by atoms with Gasteiger partial charge in [-0.05, 0) is 31.6 Å². The second kappa shape index (κ2) is 80.7. The number of carbonyl (C=O) groups is 4. The van der Waals surface area contributed by atoms with Gasteiger partial charge in [0, 0.05) is 25.7 Å². The smallest absolute Gasteiger partial charge is 0.462 e. The number of esters is 4. The quantitative estimate of drug-likeness (QED) is 0.0222. The van der Waals surface area contributed by atoms with Crippen LogP contribution in [0.2, 0.25) is 0 Å². The number of hydrogen-bond donors (Lipinski definition) is 3. The van der Waals surface area contributed by atoms with Crippen LogP contribution in [0.3, 0.4) is 0 Å². The number of phosphoric ester groups is 2. The first-order chi connectivity index (χ1) is 52.0. The summed E-state index contributed by atoms with van der Waals surface area (Å²) in [7, 11) is -9.93. The number of phosphoric acid groups is 2. The molecule has 0 fully saturated rings. The number of aliphatic hydroxyl groups excluding tert-OH is 1. The van der Waals surface area contributed by atoms with E-state index >= 15 is 0 Å². The van der Waals surface area contributed by atoms with Gasteiger partial charge in [0.25, 0.3) is 0 Å². The van der Waals surface area contributed by atoms with E-state index < -0.39 is 97.5 Å². The van der Waals surface area contributed by atoms with E-state index in [1.54, 1.807) is 0 Å². The monoisotopic (exact) mass is 1560 g/mol. The Morgan fingerprint density at radius 3 is 0.636 bits per heavy atom. The third kappa shape index (κ3) is 81.9. The molecular formula is C88H172O17P2. The number of rotatable bonds is 88. The summed E-state index contributed by atoms with van der Waals surface area (Å²) in [5.74, 6) is -1.28. The van der Waals surface area contributed by atoms with Crippen LogP contribution in [-0.2, 0) is 65.4 Å². The molecule has 0 radical (unpaired) electrons. The van der Waals surface area contributed by atoms with E-state index in [2.05, 4.69) is 34.6 Å². The molecule has 0 aliphatic carbocycles. The molecule has 0 bridgehead atoms. The Morgan fingerprint density at radius 2 is 0.430 bits per heavy atom. The Morgan fingerprint density at radius 1 is 0.252 bits per heavy atom. The van der Waals surface area contributed by atoms with Gasteiger partial charge in [-0.15, -0.1) is 0 Å². The molecule has 636 valence electrons. The SMILES string of the molecule is CCCCCCCCCCCCCCCCCCCCCCC(=O)O[C@H](COC(=O)CCCCCCCCCCCCCCCCCCC(C)C)COP(=O)(O)OC[C@@H](O)COP(=O)(O)OC[C@@H](COC(=O)CCCCCCCCCCCCCC)OC(=O)CCCCCCCCCCCCCCCCCC. The number of unbranched alkanes of at least 4 members (excludes halogenated alkanes) is 60. The first-order valence-electron chi connectivity index (χ1n) is 45.6. The van der Waals surface area contributed by atoms with E-state index in [-0.39, 0.29) is 25.7 Å². The zero-order valence-electron chi connectivity index (χ0n) is 70.3. The fourth-order valence-electron chi connectivity index (χ4n) is 13.8. The second-order valence-electron chi connectivity index (χ2n) is 32.1. The fourth-order valence-corrected chi connectivity index (χ4v) is 15.4. The van der Waals surface area contributed by atoms with Gasteiger partial charge in [0.05, 0.1) is 26.4 Å². The Balaban J connectivity index is 5.25. The Labute approximate surface area is 658 Å². The van der Waals surface area contributed by atoms with Crippen LogP contribution in [-0.4, -0.2) is 96.7 Å². The van der Waals surface area contributed by atoms with Gasteiger partial charge in [0.1, 0.15) is 19.3 Å². The molecule has 107 heavy (non-hydrogen) atoms. The molecule has 3 N–H and O–H groups in total. The maximum Gasteiger partial charge on any atom is 0.472 e. The number of hydrogen-bond acceptors (Lipinski definition) is 15. The molecule has 19 heteroatoms. The average molecular weight is 1560 g/mol. The Kier molecular flexibility index (Phi) is 79.2. The van der Waals surface area contributed by atoms with E-state index in [4.69, 9.17) is 37.0 Å². The highest BCUT2D eigenvalue weighted by Gasteiger charge is 2.30. The van der Waals surface area contributed by atoms with Gasteiger partial charge >= 0.3 is 39.5 Å². The maximum atomic E-state index is 13.2. The van der Waals surface area contributed by atoms with Gasteiger partial charge in [-0.1, -0.05) is 426 Å². The van der Waals surface area contributed by atoms with Gasteiger partial charge in [0.15, 0.2) is 12.2 Å². The van der Waals surface area contributed by atoms with Crippen molar-refractivity contribution in [2.24, 2.45) is 5.92 Å². The lowest BCUT2D eigenvalue weighted by Gasteiger charge is -2.21. The average Bonchev–Trinajstić information content (AvgIpc) is 0.906. The van der Waals surface area contributed by atoms with Crippen molar-refractivity contribution in [1.29, 1.82) is 0 Å². The predicted molar refractivity (Wildman–Crippen MR) is 442 cm³/mol. The third-order valence-corrected chi connectivity index (χ3v) is 22.7. The summed E-state index contributed by atoms with van der Waals surface area (Å²) in [6.45, 7) is 7.42. The Hall–Kier alpha value is -1.94. The molecule has 5 atom stereocenters. The summed E-state index contributed by atoms with van der Waals surface area (Å²) in [5.41, 5.74) is 0. The number of ether oxygens (including phenoxy) is 4. The van der Waals surface area contributed by atoms with Crippen molar-refractivity contribution in [2.45, 2.75) is 496 Å². The van der Waals surface area contributed by atoms with E-state index in [0.29, 0.717) is 25.7 Å². The van der Waals surface area contributed by atoms with Crippen molar-refractivity contribution >= 4 is 39.5 Å².